The smallest absolute Gasteiger partial charge is 0.254 e. The van der Waals surface area contributed by atoms with Gasteiger partial charge in [0.25, 0.3) is 5.91 Å². The molecule has 6 heteroatoms. The van der Waals surface area contributed by atoms with E-state index in [1.807, 2.05) is 13.8 Å². The summed E-state index contributed by atoms with van der Waals surface area (Å²) in [7, 11) is 0. The van der Waals surface area contributed by atoms with Crippen LogP contribution in [0.4, 0.5) is 0 Å². The topological polar surface area (TPSA) is 84.7 Å². The van der Waals surface area contributed by atoms with Gasteiger partial charge in [-0.2, -0.15) is 0 Å². The van der Waals surface area contributed by atoms with Gasteiger partial charge in [0.2, 0.25) is 5.91 Å². The summed E-state index contributed by atoms with van der Waals surface area (Å²) in [5.41, 5.74) is 6.47. The van der Waals surface area contributed by atoms with Crippen molar-refractivity contribution in [2.75, 3.05) is 13.2 Å². The molecule has 6 nitrogen and oxygen atoms in total. The molecule has 0 saturated carbocycles. The van der Waals surface area contributed by atoms with Crippen molar-refractivity contribution in [1.82, 2.24) is 10.2 Å². The summed E-state index contributed by atoms with van der Waals surface area (Å²) < 4.78 is 5.46. The van der Waals surface area contributed by atoms with Crippen molar-refractivity contribution in [3.05, 3.63) is 42.5 Å². The summed E-state index contributed by atoms with van der Waals surface area (Å²) in [6, 6.07) is 6.20. The Hall–Kier alpha value is -2.34. The molecular weight excluding hydrogens is 306 g/mol. The highest BCUT2D eigenvalue weighted by Gasteiger charge is 2.38. The third kappa shape index (κ3) is 4.35. The number of benzene rings is 1. The Morgan fingerprint density at radius 3 is 2.92 bits per heavy atom. The van der Waals surface area contributed by atoms with Gasteiger partial charge in [-0.1, -0.05) is 18.7 Å². The molecule has 1 aromatic rings. The number of rotatable bonds is 6. The lowest BCUT2D eigenvalue weighted by Gasteiger charge is -2.25. The number of nitrogens with zero attached hydrogens (tertiary/aromatic N) is 1. The second-order valence-corrected chi connectivity index (χ2v) is 6.26. The van der Waals surface area contributed by atoms with Gasteiger partial charge in [-0.15, -0.1) is 0 Å². The van der Waals surface area contributed by atoms with Gasteiger partial charge in [0.15, 0.2) is 0 Å². The van der Waals surface area contributed by atoms with Crippen LogP contribution in [0.2, 0.25) is 0 Å². The van der Waals surface area contributed by atoms with Crippen LogP contribution in [0.25, 0.3) is 0 Å². The maximum Gasteiger partial charge on any atom is 0.254 e. The van der Waals surface area contributed by atoms with Crippen LogP contribution in [-0.4, -0.2) is 48.0 Å². The molecule has 0 bridgehead atoms. The van der Waals surface area contributed by atoms with Crippen LogP contribution in [0.1, 0.15) is 30.6 Å². The highest BCUT2D eigenvalue weighted by Crippen LogP contribution is 2.22. The van der Waals surface area contributed by atoms with Gasteiger partial charge in [-0.25, -0.2) is 0 Å². The third-order valence-corrected chi connectivity index (χ3v) is 3.78. The van der Waals surface area contributed by atoms with Gasteiger partial charge >= 0.3 is 0 Å². The van der Waals surface area contributed by atoms with E-state index in [9.17, 15) is 9.59 Å². The van der Waals surface area contributed by atoms with Crippen LogP contribution in [0.3, 0.4) is 0 Å². The molecule has 2 rings (SSSR count). The van der Waals surface area contributed by atoms with Gasteiger partial charge < -0.3 is 20.7 Å². The van der Waals surface area contributed by atoms with Crippen molar-refractivity contribution < 1.29 is 14.3 Å². The van der Waals surface area contributed by atoms with Gasteiger partial charge in [0.1, 0.15) is 18.4 Å². The van der Waals surface area contributed by atoms with Crippen molar-refractivity contribution in [3.63, 3.8) is 0 Å². The van der Waals surface area contributed by atoms with Crippen LogP contribution < -0.4 is 15.8 Å². The van der Waals surface area contributed by atoms with E-state index >= 15 is 0 Å². The Morgan fingerprint density at radius 2 is 2.25 bits per heavy atom. The molecule has 0 aliphatic carbocycles. The highest BCUT2D eigenvalue weighted by molar-refractivity contribution is 5.98. The summed E-state index contributed by atoms with van der Waals surface area (Å²) in [5.74, 6) is 0.216. The Kier molecular flexibility index (Phi) is 5.98. The molecule has 1 aliphatic rings. The molecule has 2 atom stereocenters. The number of likely N-dealkylation sites (tertiary alicyclic amines) is 1. The number of hydrogen-bond donors (Lipinski definition) is 2. The fraction of sp³-hybridized carbons (Fsp3) is 0.444. The average molecular weight is 331 g/mol. The molecule has 3 N–H and O–H groups in total. The standard InChI is InChI=1S/C18H25N3O3/c1-4-8-24-15-7-5-6-13(9-15)18(23)21-11-14(19)10-16(21)17(22)20-12(2)3/h4-7,9,12,14,16H,1,8,10-11,19H2,2-3H3,(H,20,22). The summed E-state index contributed by atoms with van der Waals surface area (Å²) in [5, 5.41) is 2.86. The second kappa shape index (κ2) is 7.97. The average Bonchev–Trinajstić information content (AvgIpc) is 2.94. The highest BCUT2D eigenvalue weighted by atomic mass is 16.5. The predicted octanol–water partition coefficient (Wildman–Crippen LogP) is 1.32. The zero-order chi connectivity index (χ0) is 17.7. The minimum absolute atomic E-state index is 0.0157. The maximum atomic E-state index is 12.8. The third-order valence-electron chi connectivity index (χ3n) is 3.78. The van der Waals surface area contributed by atoms with E-state index < -0.39 is 6.04 Å². The lowest BCUT2D eigenvalue weighted by molar-refractivity contribution is -0.125. The van der Waals surface area contributed by atoms with Crippen molar-refractivity contribution >= 4 is 11.8 Å². The van der Waals surface area contributed by atoms with E-state index in [1.54, 1.807) is 35.2 Å². The summed E-state index contributed by atoms with van der Waals surface area (Å²) in [6.45, 7) is 8.11. The molecule has 0 spiro atoms. The van der Waals surface area contributed by atoms with Crippen LogP contribution in [0, 0.1) is 0 Å². The first kappa shape index (κ1) is 18.0. The molecule has 1 aliphatic heterocycles. The Morgan fingerprint density at radius 1 is 1.50 bits per heavy atom. The van der Waals surface area contributed by atoms with Crippen LogP contribution in [-0.2, 0) is 4.79 Å². The summed E-state index contributed by atoms with van der Waals surface area (Å²) in [4.78, 5) is 26.7. The molecule has 2 unspecified atom stereocenters. The number of carbonyl (C=O) groups is 2. The Balaban J connectivity index is 2.17. The van der Waals surface area contributed by atoms with Gasteiger partial charge in [-0.05, 0) is 38.5 Å². The molecule has 0 radical (unpaired) electrons. The first-order valence-corrected chi connectivity index (χ1v) is 8.13. The SMILES string of the molecule is C=CCOc1cccc(C(=O)N2CC(N)CC2C(=O)NC(C)C)c1. The zero-order valence-electron chi connectivity index (χ0n) is 14.2. The number of carbonyl (C=O) groups excluding carboxylic acids is 2. The molecule has 1 heterocycles. The van der Waals surface area contributed by atoms with E-state index in [-0.39, 0.29) is 23.9 Å². The van der Waals surface area contributed by atoms with Crippen molar-refractivity contribution in [1.29, 1.82) is 0 Å². The monoisotopic (exact) mass is 331 g/mol. The number of nitrogens with two attached hydrogens (primary N) is 1. The molecule has 1 aromatic carbocycles. The first-order chi connectivity index (χ1) is 11.4. The van der Waals surface area contributed by atoms with Gasteiger partial charge in [0, 0.05) is 24.2 Å². The molecular formula is C18H25N3O3. The minimum atomic E-state index is -0.535. The van der Waals surface area contributed by atoms with Gasteiger partial charge in [0.05, 0.1) is 0 Å². The Bertz CT molecular complexity index is 615. The minimum Gasteiger partial charge on any atom is -0.490 e. The quantitative estimate of drug-likeness (QED) is 0.770. The van der Waals surface area contributed by atoms with Crippen LogP contribution >= 0.6 is 0 Å². The normalized spacial score (nSPS) is 20.1. The number of amides is 2. The summed E-state index contributed by atoms with van der Waals surface area (Å²) in [6.07, 6.45) is 2.11. The zero-order valence-corrected chi connectivity index (χ0v) is 14.2. The van der Waals surface area contributed by atoms with Crippen LogP contribution in [0.15, 0.2) is 36.9 Å². The maximum absolute atomic E-state index is 12.8. The van der Waals surface area contributed by atoms with E-state index in [2.05, 4.69) is 11.9 Å². The second-order valence-electron chi connectivity index (χ2n) is 6.26. The molecule has 0 aromatic heterocycles. The summed E-state index contributed by atoms with van der Waals surface area (Å²) >= 11 is 0. The molecule has 130 valence electrons. The molecule has 2 amide bonds. The Labute approximate surface area is 142 Å². The molecule has 1 saturated heterocycles. The van der Waals surface area contributed by atoms with Crippen LogP contribution in [0.5, 0.6) is 5.75 Å². The number of ether oxygens (including phenoxy) is 1. The lowest BCUT2D eigenvalue weighted by atomic mass is 10.1. The number of nitrogens with one attached hydrogen (secondary N) is 1. The largest absolute Gasteiger partial charge is 0.490 e. The molecule has 24 heavy (non-hydrogen) atoms. The molecule has 1 fully saturated rings. The van der Waals surface area contributed by atoms with E-state index in [0.717, 1.165) is 0 Å². The first-order valence-electron chi connectivity index (χ1n) is 8.13. The number of hydrogen-bond acceptors (Lipinski definition) is 4. The fourth-order valence-corrected chi connectivity index (χ4v) is 2.76. The van der Waals surface area contributed by atoms with Crippen molar-refractivity contribution in [3.8, 4) is 5.75 Å². The van der Waals surface area contributed by atoms with Gasteiger partial charge in [-0.3, -0.25) is 9.59 Å². The predicted molar refractivity (Wildman–Crippen MR) is 92.8 cm³/mol. The van der Waals surface area contributed by atoms with E-state index in [1.165, 1.54) is 0 Å². The van der Waals surface area contributed by atoms with Crippen molar-refractivity contribution in [2.45, 2.75) is 38.4 Å². The van der Waals surface area contributed by atoms with E-state index in [4.69, 9.17) is 10.5 Å². The van der Waals surface area contributed by atoms with Crippen molar-refractivity contribution in [2.24, 2.45) is 5.73 Å². The lowest BCUT2D eigenvalue weighted by Crippen LogP contribution is -2.47. The van der Waals surface area contributed by atoms with E-state index in [0.29, 0.717) is 30.9 Å². The fourth-order valence-electron chi connectivity index (χ4n) is 2.76.